The van der Waals surface area contributed by atoms with Crippen molar-refractivity contribution in [3.05, 3.63) is 48.1 Å². The zero-order valence-corrected chi connectivity index (χ0v) is 15.6. The summed E-state index contributed by atoms with van der Waals surface area (Å²) in [6, 6.07) is 2.60. The number of likely N-dealkylation sites (N-methyl/N-ethyl adjacent to an activating group) is 1. The van der Waals surface area contributed by atoms with Crippen molar-refractivity contribution in [1.82, 2.24) is 10.2 Å². The van der Waals surface area contributed by atoms with Crippen molar-refractivity contribution in [2.45, 2.75) is 30.6 Å². The average Bonchev–Trinajstić information content (AvgIpc) is 3.28. The van der Waals surface area contributed by atoms with Gasteiger partial charge in [0.25, 0.3) is 11.8 Å². The first-order valence-electron chi connectivity index (χ1n) is 8.73. The molecule has 1 aromatic rings. The number of carbonyl (C=O) groups excluding carboxylic acids is 2. The Morgan fingerprint density at radius 1 is 1.32 bits per heavy atom. The van der Waals surface area contributed by atoms with Gasteiger partial charge in [-0.15, -0.1) is 0 Å². The molecule has 2 aliphatic heterocycles. The van der Waals surface area contributed by atoms with Gasteiger partial charge < -0.3 is 19.8 Å². The van der Waals surface area contributed by atoms with Crippen LogP contribution in [0.25, 0.3) is 0 Å². The molecule has 0 aliphatic carbocycles. The third kappa shape index (κ3) is 3.89. The highest BCUT2D eigenvalue weighted by atomic mass is 19.1. The summed E-state index contributed by atoms with van der Waals surface area (Å²) in [6.45, 7) is 3.83. The van der Waals surface area contributed by atoms with E-state index in [1.807, 2.05) is 0 Å². The zero-order chi connectivity index (χ0) is 20.5. The molecule has 1 N–H and O–H groups in total. The summed E-state index contributed by atoms with van der Waals surface area (Å²) >= 11 is 0. The van der Waals surface area contributed by atoms with E-state index in [4.69, 9.17) is 9.57 Å². The quantitative estimate of drug-likeness (QED) is 0.767. The molecule has 150 valence electrons. The van der Waals surface area contributed by atoms with Crippen LogP contribution < -0.4 is 5.32 Å². The van der Waals surface area contributed by atoms with Crippen molar-refractivity contribution in [3.63, 3.8) is 0 Å². The molecule has 1 aromatic carbocycles. The minimum Gasteiger partial charge on any atom is -0.374 e. The maximum Gasteiger partial charge on any atom is 0.271 e. The van der Waals surface area contributed by atoms with Crippen LogP contribution >= 0.6 is 0 Å². The predicted molar refractivity (Wildman–Crippen MR) is 96.5 cm³/mol. The molecule has 2 amide bonds. The van der Waals surface area contributed by atoms with Crippen molar-refractivity contribution in [3.8, 4) is 0 Å². The van der Waals surface area contributed by atoms with Gasteiger partial charge in [-0.25, -0.2) is 8.78 Å². The van der Waals surface area contributed by atoms with Crippen LogP contribution in [-0.4, -0.2) is 60.9 Å². The van der Waals surface area contributed by atoms with E-state index >= 15 is 0 Å². The minimum absolute atomic E-state index is 0.0289. The molecule has 3 rings (SSSR count). The molecule has 7 nitrogen and oxygen atoms in total. The van der Waals surface area contributed by atoms with Crippen LogP contribution in [0, 0.1) is 11.6 Å². The molecule has 3 atom stereocenters. The summed E-state index contributed by atoms with van der Waals surface area (Å²) in [6.07, 6.45) is 0.983. The first kappa shape index (κ1) is 19.9. The number of oxime groups is 1. The summed E-state index contributed by atoms with van der Waals surface area (Å²) in [5, 5.41) is 6.61. The molecule has 2 unspecified atom stereocenters. The van der Waals surface area contributed by atoms with Gasteiger partial charge in [0, 0.05) is 38.6 Å². The lowest BCUT2D eigenvalue weighted by molar-refractivity contribution is -0.139. The highest BCUT2D eigenvalue weighted by Gasteiger charge is 2.46. The van der Waals surface area contributed by atoms with Gasteiger partial charge in [0.15, 0.2) is 0 Å². The number of halogens is 2. The predicted octanol–water partition coefficient (Wildman–Crippen LogP) is 1.38. The second-order valence-electron chi connectivity index (χ2n) is 7.02. The lowest BCUT2D eigenvalue weighted by Crippen LogP contribution is -2.49. The monoisotopic (exact) mass is 393 g/mol. The number of ether oxygens (including phenoxy) is 1. The van der Waals surface area contributed by atoms with Gasteiger partial charge in [0.2, 0.25) is 5.60 Å². The van der Waals surface area contributed by atoms with E-state index in [2.05, 4.69) is 17.1 Å². The van der Waals surface area contributed by atoms with Crippen LogP contribution in [0.3, 0.4) is 0 Å². The molecular formula is C19H21F2N3O4. The zero-order valence-electron chi connectivity index (χ0n) is 15.6. The molecule has 1 fully saturated rings. The Bertz CT molecular complexity index is 822. The Morgan fingerprint density at radius 3 is 2.61 bits per heavy atom. The van der Waals surface area contributed by atoms with Crippen molar-refractivity contribution < 1.29 is 27.9 Å². The van der Waals surface area contributed by atoms with E-state index in [0.717, 1.165) is 18.2 Å². The number of benzene rings is 1. The molecule has 2 heterocycles. The Morgan fingerprint density at radius 2 is 2.00 bits per heavy atom. The fourth-order valence-electron chi connectivity index (χ4n) is 3.14. The molecule has 9 heteroatoms. The smallest absolute Gasteiger partial charge is 0.271 e. The van der Waals surface area contributed by atoms with Crippen molar-refractivity contribution in [2.24, 2.45) is 5.16 Å². The third-order valence-electron chi connectivity index (χ3n) is 4.71. The number of nitrogens with one attached hydrogen (secondary N) is 1. The first-order valence-corrected chi connectivity index (χ1v) is 8.73. The Labute approximate surface area is 161 Å². The lowest BCUT2D eigenvalue weighted by Gasteiger charge is -2.23. The summed E-state index contributed by atoms with van der Waals surface area (Å²) in [7, 11) is 3.26. The van der Waals surface area contributed by atoms with E-state index < -0.39 is 29.2 Å². The van der Waals surface area contributed by atoms with Crippen LogP contribution in [0.15, 0.2) is 36.0 Å². The second-order valence-corrected chi connectivity index (χ2v) is 7.02. The Hall–Kier alpha value is -2.81. The van der Waals surface area contributed by atoms with Gasteiger partial charge in [-0.05, 0) is 18.2 Å². The largest absolute Gasteiger partial charge is 0.374 e. The maximum absolute atomic E-state index is 13.5. The van der Waals surface area contributed by atoms with Gasteiger partial charge in [0.1, 0.15) is 17.7 Å². The summed E-state index contributed by atoms with van der Waals surface area (Å²) < 4.78 is 32.4. The molecule has 0 spiro atoms. The minimum atomic E-state index is -1.50. The Balaban J connectivity index is 1.66. The number of carbonyl (C=O) groups is 2. The number of hydrogen-bond donors (Lipinski definition) is 1. The van der Waals surface area contributed by atoms with E-state index in [0.29, 0.717) is 6.42 Å². The average molecular weight is 393 g/mol. The van der Waals surface area contributed by atoms with Crippen LogP contribution in [0.1, 0.15) is 18.4 Å². The van der Waals surface area contributed by atoms with Crippen LogP contribution in [-0.2, 0) is 19.2 Å². The lowest BCUT2D eigenvalue weighted by atomic mass is 9.92. The molecule has 2 aliphatic rings. The molecular weight excluding hydrogens is 372 g/mol. The van der Waals surface area contributed by atoms with Crippen LogP contribution in [0.4, 0.5) is 8.78 Å². The van der Waals surface area contributed by atoms with Crippen LogP contribution in [0.2, 0.25) is 0 Å². The van der Waals surface area contributed by atoms with Gasteiger partial charge in [0.05, 0.1) is 18.4 Å². The fraction of sp³-hybridized carbons (Fsp3) is 0.421. The fourth-order valence-corrected chi connectivity index (χ4v) is 3.14. The molecule has 0 radical (unpaired) electrons. The normalized spacial score (nSPS) is 26.4. The van der Waals surface area contributed by atoms with Gasteiger partial charge in [-0.2, -0.15) is 0 Å². The number of amides is 2. The first-order chi connectivity index (χ1) is 13.2. The highest BCUT2D eigenvalue weighted by Crippen LogP contribution is 2.29. The molecule has 0 bridgehead atoms. The SMILES string of the molecule is C=C[C@]1(C(=O)NC2COC(C(=O)N(C)C)C2)CC(c2cc(F)cc(F)c2)=NO1. The molecule has 28 heavy (non-hydrogen) atoms. The maximum atomic E-state index is 13.5. The summed E-state index contributed by atoms with van der Waals surface area (Å²) in [5.74, 6) is -2.19. The van der Waals surface area contributed by atoms with Gasteiger partial charge in [-0.3, -0.25) is 9.59 Å². The van der Waals surface area contributed by atoms with Gasteiger partial charge >= 0.3 is 0 Å². The highest BCUT2D eigenvalue weighted by molar-refractivity contribution is 6.06. The summed E-state index contributed by atoms with van der Waals surface area (Å²) in [4.78, 5) is 31.5. The van der Waals surface area contributed by atoms with Crippen LogP contribution in [0.5, 0.6) is 0 Å². The van der Waals surface area contributed by atoms with E-state index in [1.165, 1.54) is 11.0 Å². The molecule has 0 saturated carbocycles. The molecule has 1 saturated heterocycles. The Kier molecular flexibility index (Phi) is 5.46. The van der Waals surface area contributed by atoms with Crippen molar-refractivity contribution in [1.29, 1.82) is 0 Å². The number of nitrogens with zero attached hydrogens (tertiary/aromatic N) is 2. The van der Waals surface area contributed by atoms with E-state index in [9.17, 15) is 18.4 Å². The number of rotatable bonds is 5. The van der Waals surface area contributed by atoms with E-state index in [1.54, 1.807) is 14.1 Å². The van der Waals surface area contributed by atoms with Crippen molar-refractivity contribution >= 4 is 17.5 Å². The van der Waals surface area contributed by atoms with Gasteiger partial charge in [-0.1, -0.05) is 11.7 Å². The topological polar surface area (TPSA) is 80.2 Å². The molecule has 0 aromatic heterocycles. The standard InChI is InChI=1S/C19H21F2N3O4/c1-4-19(9-15(23-28-19)11-5-12(20)7-13(21)6-11)18(26)22-14-8-16(27-10-14)17(25)24(2)3/h4-7,14,16H,1,8-10H2,2-3H3,(H,22,26)/t14?,16?,19-/m1/s1. The second kappa shape index (κ2) is 7.67. The number of hydrogen-bond acceptors (Lipinski definition) is 5. The van der Waals surface area contributed by atoms with Crippen molar-refractivity contribution in [2.75, 3.05) is 20.7 Å². The third-order valence-corrected chi connectivity index (χ3v) is 4.71. The van der Waals surface area contributed by atoms with E-state index in [-0.39, 0.29) is 36.3 Å². The summed E-state index contributed by atoms with van der Waals surface area (Å²) in [5.41, 5.74) is -1.08.